The molecule has 0 saturated carbocycles. The SMILES string of the molecule is Cc1ccc(CSCc2n[nH]c(=S)n2-c2cc(Cl)cc(Cl)c2)cc1. The van der Waals surface area contributed by atoms with E-state index in [0.717, 1.165) is 23.0 Å². The molecule has 0 radical (unpaired) electrons. The number of benzene rings is 2. The van der Waals surface area contributed by atoms with E-state index in [4.69, 9.17) is 35.4 Å². The van der Waals surface area contributed by atoms with Crippen LogP contribution in [0.5, 0.6) is 0 Å². The summed E-state index contributed by atoms with van der Waals surface area (Å²) in [4.78, 5) is 0. The van der Waals surface area contributed by atoms with Crippen molar-refractivity contribution in [1.29, 1.82) is 0 Å². The molecule has 0 saturated heterocycles. The molecule has 0 spiro atoms. The third kappa shape index (κ3) is 4.22. The zero-order chi connectivity index (χ0) is 17.1. The first-order valence-electron chi connectivity index (χ1n) is 7.29. The van der Waals surface area contributed by atoms with Gasteiger partial charge in [-0.15, -0.1) is 11.8 Å². The molecular weight excluding hydrogens is 381 g/mol. The maximum Gasteiger partial charge on any atom is 0.199 e. The lowest BCUT2D eigenvalue weighted by molar-refractivity contribution is 0.949. The predicted molar refractivity (Wildman–Crippen MR) is 105 cm³/mol. The van der Waals surface area contributed by atoms with Crippen LogP contribution in [0.4, 0.5) is 0 Å². The topological polar surface area (TPSA) is 33.6 Å². The number of aromatic nitrogens is 3. The first-order valence-corrected chi connectivity index (χ1v) is 9.61. The van der Waals surface area contributed by atoms with Crippen molar-refractivity contribution in [1.82, 2.24) is 14.8 Å². The van der Waals surface area contributed by atoms with Crippen molar-refractivity contribution in [3.05, 3.63) is 74.2 Å². The zero-order valence-electron chi connectivity index (χ0n) is 12.9. The van der Waals surface area contributed by atoms with Gasteiger partial charge in [-0.05, 0) is 42.9 Å². The quantitative estimate of drug-likeness (QED) is 0.539. The molecule has 0 bridgehead atoms. The first kappa shape index (κ1) is 17.5. The average Bonchev–Trinajstić information content (AvgIpc) is 2.89. The molecule has 1 aromatic heterocycles. The molecule has 7 heteroatoms. The van der Waals surface area contributed by atoms with Crippen molar-refractivity contribution >= 4 is 47.2 Å². The summed E-state index contributed by atoms with van der Waals surface area (Å²) in [5, 5.41) is 8.32. The van der Waals surface area contributed by atoms with Gasteiger partial charge in [-0.1, -0.05) is 53.0 Å². The fraction of sp³-hybridized carbons (Fsp3) is 0.176. The Balaban J connectivity index is 1.77. The summed E-state index contributed by atoms with van der Waals surface area (Å²) in [7, 11) is 0. The van der Waals surface area contributed by atoms with E-state index in [1.54, 1.807) is 17.8 Å². The molecule has 0 aliphatic heterocycles. The highest BCUT2D eigenvalue weighted by atomic mass is 35.5. The molecule has 0 amide bonds. The number of nitrogens with one attached hydrogen (secondary N) is 1. The zero-order valence-corrected chi connectivity index (χ0v) is 16.1. The molecule has 124 valence electrons. The van der Waals surface area contributed by atoms with Gasteiger partial charge in [0.15, 0.2) is 4.77 Å². The van der Waals surface area contributed by atoms with E-state index in [9.17, 15) is 0 Å². The Bertz CT molecular complexity index is 881. The molecule has 0 aliphatic carbocycles. The molecule has 3 nitrogen and oxygen atoms in total. The van der Waals surface area contributed by atoms with Crippen LogP contribution in [0.25, 0.3) is 5.69 Å². The number of aryl methyl sites for hydroxylation is 1. The lowest BCUT2D eigenvalue weighted by Gasteiger charge is -2.08. The van der Waals surface area contributed by atoms with Crippen LogP contribution in [-0.2, 0) is 11.5 Å². The number of aromatic amines is 1. The number of hydrogen-bond acceptors (Lipinski definition) is 3. The van der Waals surface area contributed by atoms with Gasteiger partial charge in [-0.2, -0.15) is 5.10 Å². The average molecular weight is 396 g/mol. The lowest BCUT2D eigenvalue weighted by atomic mass is 10.2. The maximum absolute atomic E-state index is 6.10. The minimum absolute atomic E-state index is 0.527. The summed E-state index contributed by atoms with van der Waals surface area (Å²) in [5.41, 5.74) is 3.37. The van der Waals surface area contributed by atoms with Gasteiger partial charge >= 0.3 is 0 Å². The number of halogens is 2. The molecule has 0 atom stereocenters. The molecular formula is C17H15Cl2N3S2. The van der Waals surface area contributed by atoms with Crippen molar-refractivity contribution in [3.8, 4) is 5.69 Å². The Morgan fingerprint density at radius 3 is 2.42 bits per heavy atom. The molecule has 24 heavy (non-hydrogen) atoms. The molecule has 0 fully saturated rings. The lowest BCUT2D eigenvalue weighted by Crippen LogP contribution is -2.00. The molecule has 0 aliphatic rings. The highest BCUT2D eigenvalue weighted by Crippen LogP contribution is 2.24. The largest absolute Gasteiger partial charge is 0.271 e. The Kier molecular flexibility index (Phi) is 5.66. The number of nitrogens with zero attached hydrogens (tertiary/aromatic N) is 2. The van der Waals surface area contributed by atoms with E-state index in [1.165, 1.54) is 11.1 Å². The molecule has 3 rings (SSSR count). The highest BCUT2D eigenvalue weighted by Gasteiger charge is 2.10. The Labute approximate surface area is 160 Å². The summed E-state index contributed by atoms with van der Waals surface area (Å²) in [6.07, 6.45) is 0. The first-order chi connectivity index (χ1) is 11.5. The minimum atomic E-state index is 0.527. The number of rotatable bonds is 5. The fourth-order valence-electron chi connectivity index (χ4n) is 2.31. The van der Waals surface area contributed by atoms with Gasteiger partial charge < -0.3 is 0 Å². The summed E-state index contributed by atoms with van der Waals surface area (Å²) < 4.78 is 2.40. The van der Waals surface area contributed by atoms with E-state index < -0.39 is 0 Å². The number of hydrogen-bond donors (Lipinski definition) is 1. The molecule has 3 aromatic rings. The summed E-state index contributed by atoms with van der Waals surface area (Å²) >= 11 is 19.3. The van der Waals surface area contributed by atoms with Crippen molar-refractivity contribution in [2.24, 2.45) is 0 Å². The second kappa shape index (κ2) is 7.74. The Morgan fingerprint density at radius 1 is 1.08 bits per heavy atom. The van der Waals surface area contributed by atoms with Gasteiger partial charge in [0.05, 0.1) is 11.4 Å². The van der Waals surface area contributed by atoms with Crippen LogP contribution >= 0.6 is 47.2 Å². The third-order valence-corrected chi connectivity index (χ3v) is 5.18. The standard InChI is InChI=1S/C17H15Cl2N3S2/c1-11-2-4-12(5-3-11)9-24-10-16-20-21-17(23)22(16)15-7-13(18)6-14(19)8-15/h2-8H,9-10H2,1H3,(H,21,23). The van der Waals surface area contributed by atoms with E-state index in [-0.39, 0.29) is 0 Å². The maximum atomic E-state index is 6.10. The summed E-state index contributed by atoms with van der Waals surface area (Å²) in [6.45, 7) is 2.09. The van der Waals surface area contributed by atoms with Crippen LogP contribution in [0.1, 0.15) is 17.0 Å². The van der Waals surface area contributed by atoms with Crippen LogP contribution in [0.15, 0.2) is 42.5 Å². The van der Waals surface area contributed by atoms with E-state index in [0.29, 0.717) is 14.8 Å². The van der Waals surface area contributed by atoms with Crippen LogP contribution in [0, 0.1) is 11.7 Å². The fourth-order valence-corrected chi connectivity index (χ4v) is 3.98. The van der Waals surface area contributed by atoms with Gasteiger partial charge in [0.2, 0.25) is 0 Å². The normalized spacial score (nSPS) is 11.0. The summed E-state index contributed by atoms with van der Waals surface area (Å²) in [6, 6.07) is 13.9. The number of H-pyrrole nitrogens is 1. The minimum Gasteiger partial charge on any atom is -0.271 e. The van der Waals surface area contributed by atoms with E-state index >= 15 is 0 Å². The van der Waals surface area contributed by atoms with Gasteiger partial charge in [0.25, 0.3) is 0 Å². The molecule has 2 aromatic carbocycles. The van der Waals surface area contributed by atoms with E-state index in [1.807, 2.05) is 16.7 Å². The highest BCUT2D eigenvalue weighted by molar-refractivity contribution is 7.97. The third-order valence-electron chi connectivity index (χ3n) is 3.47. The number of thioether (sulfide) groups is 1. The Hall–Kier alpha value is -1.27. The van der Waals surface area contributed by atoms with Gasteiger partial charge in [-0.3, -0.25) is 9.67 Å². The second-order valence-electron chi connectivity index (χ2n) is 5.39. The monoisotopic (exact) mass is 395 g/mol. The van der Waals surface area contributed by atoms with Crippen LogP contribution in [0.2, 0.25) is 10.0 Å². The van der Waals surface area contributed by atoms with Crippen molar-refractivity contribution < 1.29 is 0 Å². The summed E-state index contributed by atoms with van der Waals surface area (Å²) in [5.74, 6) is 2.48. The Morgan fingerprint density at radius 2 is 1.75 bits per heavy atom. The van der Waals surface area contributed by atoms with E-state index in [2.05, 4.69) is 41.4 Å². The molecule has 1 heterocycles. The van der Waals surface area contributed by atoms with Crippen molar-refractivity contribution in [2.45, 2.75) is 18.4 Å². The molecule has 1 N–H and O–H groups in total. The van der Waals surface area contributed by atoms with Crippen molar-refractivity contribution in [2.75, 3.05) is 0 Å². The van der Waals surface area contributed by atoms with Gasteiger partial charge in [0, 0.05) is 15.8 Å². The smallest absolute Gasteiger partial charge is 0.199 e. The van der Waals surface area contributed by atoms with Crippen LogP contribution in [0.3, 0.4) is 0 Å². The van der Waals surface area contributed by atoms with Crippen LogP contribution in [-0.4, -0.2) is 14.8 Å². The second-order valence-corrected chi connectivity index (χ2v) is 7.63. The van der Waals surface area contributed by atoms with Gasteiger partial charge in [0.1, 0.15) is 5.82 Å². The van der Waals surface area contributed by atoms with Crippen LogP contribution < -0.4 is 0 Å². The van der Waals surface area contributed by atoms with Crippen molar-refractivity contribution in [3.63, 3.8) is 0 Å². The van der Waals surface area contributed by atoms with Gasteiger partial charge in [-0.25, -0.2) is 0 Å². The molecule has 0 unspecified atom stereocenters. The predicted octanol–water partition coefficient (Wildman–Crippen LogP) is 5.98.